The van der Waals surface area contributed by atoms with E-state index in [1.165, 1.54) is 6.07 Å². The Morgan fingerprint density at radius 1 is 0.969 bits per heavy atom. The quantitative estimate of drug-likeness (QED) is 0.234. The van der Waals surface area contributed by atoms with Gasteiger partial charge < -0.3 is 9.47 Å². The maximum Gasteiger partial charge on any atom is 0.343 e. The van der Waals surface area contributed by atoms with Gasteiger partial charge in [0.1, 0.15) is 11.5 Å². The van der Waals surface area contributed by atoms with Crippen LogP contribution in [0.1, 0.15) is 52.6 Å². The Labute approximate surface area is 196 Å². The molecule has 0 saturated heterocycles. The van der Waals surface area contributed by atoms with Gasteiger partial charge in [0, 0.05) is 16.1 Å². The minimum Gasteiger partial charge on any atom is -0.452 e. The van der Waals surface area contributed by atoms with E-state index in [-0.39, 0.29) is 22.7 Å². The van der Waals surface area contributed by atoms with E-state index in [9.17, 15) is 9.59 Å². The molecule has 0 amide bonds. The predicted molar refractivity (Wildman–Crippen MR) is 126 cm³/mol. The Kier molecular flexibility index (Phi) is 5.85. The Morgan fingerprint density at radius 2 is 1.69 bits per heavy atom. The Balaban J connectivity index is 1.52. The topological polar surface area (TPSA) is 52.6 Å². The fraction of sp³-hybridized carbons (Fsp3) is 0.154. The van der Waals surface area contributed by atoms with Gasteiger partial charge >= 0.3 is 5.97 Å². The summed E-state index contributed by atoms with van der Waals surface area (Å²) in [5.74, 6) is -0.0301. The summed E-state index contributed by atoms with van der Waals surface area (Å²) < 4.78 is 11.2. The van der Waals surface area contributed by atoms with E-state index in [4.69, 9.17) is 32.7 Å². The number of carbonyl (C=O) groups is 2. The van der Waals surface area contributed by atoms with Crippen molar-refractivity contribution >= 4 is 41.0 Å². The van der Waals surface area contributed by atoms with Gasteiger partial charge in [0.2, 0.25) is 5.78 Å². The fourth-order valence-corrected chi connectivity index (χ4v) is 3.73. The van der Waals surface area contributed by atoms with Crippen molar-refractivity contribution in [1.82, 2.24) is 0 Å². The average Bonchev–Trinajstić information content (AvgIpc) is 3.04. The van der Waals surface area contributed by atoms with E-state index < -0.39 is 5.97 Å². The summed E-state index contributed by atoms with van der Waals surface area (Å²) in [6.07, 6.45) is 1.56. The van der Waals surface area contributed by atoms with E-state index in [2.05, 4.69) is 20.8 Å². The molecule has 162 valence electrons. The van der Waals surface area contributed by atoms with Gasteiger partial charge in [-0.05, 0) is 59.0 Å². The van der Waals surface area contributed by atoms with Crippen LogP contribution in [0.5, 0.6) is 11.5 Å². The highest BCUT2D eigenvalue weighted by atomic mass is 35.5. The maximum absolute atomic E-state index is 12.7. The van der Waals surface area contributed by atoms with Crippen LogP contribution in [0.2, 0.25) is 10.0 Å². The number of benzene rings is 3. The van der Waals surface area contributed by atoms with E-state index in [1.54, 1.807) is 48.5 Å². The normalized spacial score (nSPS) is 14.3. The van der Waals surface area contributed by atoms with Crippen LogP contribution in [-0.4, -0.2) is 11.8 Å². The van der Waals surface area contributed by atoms with Crippen molar-refractivity contribution in [1.29, 1.82) is 0 Å². The second-order valence-electron chi connectivity index (χ2n) is 8.48. The summed E-state index contributed by atoms with van der Waals surface area (Å²) in [5.41, 5.74) is 2.55. The molecule has 1 aliphatic rings. The number of halogens is 2. The molecule has 0 aliphatic carbocycles. The van der Waals surface area contributed by atoms with Crippen LogP contribution in [0.15, 0.2) is 66.4 Å². The molecule has 4 nitrogen and oxygen atoms in total. The standard InChI is InChI=1S/C26H20Cl2O4/c1-26(2,3)17-7-4-15(5-8-17)25(30)31-19-10-11-20-22(14-19)32-23(24(20)29)12-16-6-9-18(27)13-21(16)28/h4-14H,1-3H3/b23-12-. The first kappa shape index (κ1) is 22.1. The zero-order chi connectivity index (χ0) is 23.0. The first-order chi connectivity index (χ1) is 15.1. The van der Waals surface area contributed by atoms with E-state index in [1.807, 2.05) is 12.1 Å². The highest BCUT2D eigenvalue weighted by molar-refractivity contribution is 6.35. The van der Waals surface area contributed by atoms with Crippen molar-refractivity contribution in [2.45, 2.75) is 26.2 Å². The third kappa shape index (κ3) is 4.57. The Bertz CT molecular complexity index is 1250. The van der Waals surface area contributed by atoms with Crippen molar-refractivity contribution in [3.05, 3.63) is 98.7 Å². The molecular formula is C26H20Cl2O4. The van der Waals surface area contributed by atoms with Gasteiger partial charge in [0.15, 0.2) is 5.76 Å². The molecule has 1 heterocycles. The summed E-state index contributed by atoms with van der Waals surface area (Å²) in [6, 6.07) is 17.0. The monoisotopic (exact) mass is 466 g/mol. The lowest BCUT2D eigenvalue weighted by atomic mass is 9.87. The zero-order valence-corrected chi connectivity index (χ0v) is 19.3. The molecule has 0 saturated carbocycles. The van der Waals surface area contributed by atoms with Crippen LogP contribution in [0.4, 0.5) is 0 Å². The number of carbonyl (C=O) groups excluding carboxylic acids is 2. The molecule has 0 bridgehead atoms. The van der Waals surface area contributed by atoms with Crippen LogP contribution >= 0.6 is 23.2 Å². The van der Waals surface area contributed by atoms with Gasteiger partial charge in [0.05, 0.1) is 11.1 Å². The number of Topliss-reactive ketones (excluding diaryl/α,β-unsaturated/α-hetero) is 1. The SMILES string of the molecule is CC(C)(C)c1ccc(C(=O)Oc2ccc3c(c2)O/C(=C\c2ccc(Cl)cc2Cl)C3=O)cc1. The van der Waals surface area contributed by atoms with E-state index in [0.717, 1.165) is 5.56 Å². The van der Waals surface area contributed by atoms with Gasteiger partial charge in [-0.1, -0.05) is 62.2 Å². The lowest BCUT2D eigenvalue weighted by Crippen LogP contribution is -2.12. The molecule has 0 unspecified atom stereocenters. The Hall–Kier alpha value is -3.08. The molecule has 0 radical (unpaired) electrons. The number of hydrogen-bond acceptors (Lipinski definition) is 4. The molecule has 0 atom stereocenters. The van der Waals surface area contributed by atoms with Gasteiger partial charge in [0.25, 0.3) is 0 Å². The van der Waals surface area contributed by atoms with Crippen molar-refractivity contribution in [3.63, 3.8) is 0 Å². The Morgan fingerprint density at radius 3 is 2.34 bits per heavy atom. The van der Waals surface area contributed by atoms with Crippen molar-refractivity contribution in [2.75, 3.05) is 0 Å². The molecule has 0 aromatic heterocycles. The average molecular weight is 467 g/mol. The smallest absolute Gasteiger partial charge is 0.343 e. The second-order valence-corrected chi connectivity index (χ2v) is 9.32. The third-order valence-electron chi connectivity index (χ3n) is 5.09. The molecule has 32 heavy (non-hydrogen) atoms. The molecule has 3 aromatic rings. The van der Waals surface area contributed by atoms with Crippen LogP contribution in [-0.2, 0) is 5.41 Å². The number of rotatable bonds is 3. The van der Waals surface area contributed by atoms with Crippen molar-refractivity contribution in [2.24, 2.45) is 0 Å². The van der Waals surface area contributed by atoms with Gasteiger partial charge in [-0.15, -0.1) is 0 Å². The fourth-order valence-electron chi connectivity index (χ4n) is 3.26. The molecule has 3 aromatic carbocycles. The summed E-state index contributed by atoms with van der Waals surface area (Å²) in [7, 11) is 0. The number of ketones is 1. The highest BCUT2D eigenvalue weighted by Gasteiger charge is 2.28. The van der Waals surface area contributed by atoms with Gasteiger partial charge in [-0.3, -0.25) is 4.79 Å². The highest BCUT2D eigenvalue weighted by Crippen LogP contribution is 2.36. The number of allylic oxidation sites excluding steroid dienone is 1. The minimum atomic E-state index is -0.488. The van der Waals surface area contributed by atoms with E-state index >= 15 is 0 Å². The van der Waals surface area contributed by atoms with Gasteiger partial charge in [-0.25, -0.2) is 4.79 Å². The van der Waals surface area contributed by atoms with Crippen LogP contribution in [0.3, 0.4) is 0 Å². The largest absolute Gasteiger partial charge is 0.452 e. The molecular weight excluding hydrogens is 447 g/mol. The summed E-state index contributed by atoms with van der Waals surface area (Å²) >= 11 is 12.1. The summed E-state index contributed by atoms with van der Waals surface area (Å²) in [5, 5.41) is 0.906. The number of hydrogen-bond donors (Lipinski definition) is 0. The minimum absolute atomic E-state index is 0.00619. The summed E-state index contributed by atoms with van der Waals surface area (Å²) in [6.45, 7) is 6.32. The third-order valence-corrected chi connectivity index (χ3v) is 5.65. The van der Waals surface area contributed by atoms with Crippen LogP contribution < -0.4 is 9.47 Å². The molecule has 4 rings (SSSR count). The zero-order valence-electron chi connectivity index (χ0n) is 17.7. The van der Waals surface area contributed by atoms with Crippen LogP contribution in [0, 0.1) is 0 Å². The molecule has 1 aliphatic heterocycles. The lowest BCUT2D eigenvalue weighted by molar-refractivity contribution is 0.0734. The predicted octanol–water partition coefficient (Wildman–Crippen LogP) is 7.13. The first-order valence-corrected chi connectivity index (χ1v) is 10.7. The van der Waals surface area contributed by atoms with Gasteiger partial charge in [-0.2, -0.15) is 0 Å². The first-order valence-electron chi connectivity index (χ1n) is 9.98. The molecule has 6 heteroatoms. The van der Waals surface area contributed by atoms with Crippen LogP contribution in [0.25, 0.3) is 6.08 Å². The molecule has 0 fully saturated rings. The van der Waals surface area contributed by atoms with E-state index in [0.29, 0.717) is 32.5 Å². The lowest BCUT2D eigenvalue weighted by Gasteiger charge is -2.18. The van der Waals surface area contributed by atoms with Crippen molar-refractivity contribution in [3.8, 4) is 11.5 Å². The molecule has 0 N–H and O–H groups in total. The van der Waals surface area contributed by atoms with Crippen molar-refractivity contribution < 1.29 is 19.1 Å². The summed E-state index contributed by atoms with van der Waals surface area (Å²) in [4.78, 5) is 25.2. The molecule has 0 spiro atoms. The number of fused-ring (bicyclic) bond motifs is 1. The second kappa shape index (κ2) is 8.45. The number of ether oxygens (including phenoxy) is 2. The maximum atomic E-state index is 12.7. The number of esters is 1.